The van der Waals surface area contributed by atoms with E-state index in [4.69, 9.17) is 0 Å². The van der Waals surface area contributed by atoms with Gasteiger partial charge in [-0.1, -0.05) is 29.5 Å². The van der Waals surface area contributed by atoms with Crippen LogP contribution in [0.4, 0.5) is 10.7 Å². The maximum Gasteiger partial charge on any atom is 0.348 e. The molecule has 0 amide bonds. The summed E-state index contributed by atoms with van der Waals surface area (Å²) in [5.41, 5.74) is 0.607. The number of nitro groups is 1. The van der Waals surface area contributed by atoms with Crippen molar-refractivity contribution in [1.82, 2.24) is 0 Å². The molecule has 0 fully saturated rings. The van der Waals surface area contributed by atoms with Crippen molar-refractivity contribution in [3.63, 3.8) is 0 Å². The van der Waals surface area contributed by atoms with Gasteiger partial charge in [0.25, 0.3) is 0 Å². The molecule has 0 spiro atoms. The van der Waals surface area contributed by atoms with Gasteiger partial charge in [0, 0.05) is 17.1 Å². The second-order valence-corrected chi connectivity index (χ2v) is 3.82. The zero-order chi connectivity index (χ0) is 10.1. The number of nitrogens with one attached hydrogen (secondary N) is 1. The van der Waals surface area contributed by atoms with E-state index in [1.165, 1.54) is 11.3 Å². The number of hydrogen-bond donors (Lipinski definition) is 1. The van der Waals surface area contributed by atoms with E-state index in [0.29, 0.717) is 5.69 Å². The van der Waals surface area contributed by atoms with Crippen LogP contribution in [0.2, 0.25) is 0 Å². The molecule has 0 bridgehead atoms. The normalized spacial score (nSPS) is 10.4. The van der Waals surface area contributed by atoms with Gasteiger partial charge < -0.3 is 5.32 Å². The van der Waals surface area contributed by atoms with Crippen molar-refractivity contribution in [3.8, 4) is 0 Å². The highest BCUT2D eigenvalue weighted by atomic mass is 32.1. The van der Waals surface area contributed by atoms with Gasteiger partial charge in [-0.05, 0) is 6.07 Å². The van der Waals surface area contributed by atoms with Crippen molar-refractivity contribution in [2.75, 3.05) is 12.4 Å². The second-order valence-electron chi connectivity index (χ2n) is 2.79. The smallest absolute Gasteiger partial charge is 0.348 e. The number of hydrogen-bond acceptors (Lipinski definition) is 4. The number of fused-ring (bicyclic) bond motifs is 1. The third kappa shape index (κ3) is 1.22. The summed E-state index contributed by atoms with van der Waals surface area (Å²) in [6, 6.07) is 7.51. The molecule has 2 rings (SSSR count). The fraction of sp³-hybridized carbons (Fsp3) is 0.111. The van der Waals surface area contributed by atoms with Gasteiger partial charge in [0.1, 0.15) is 5.69 Å². The van der Waals surface area contributed by atoms with E-state index < -0.39 is 0 Å². The highest BCUT2D eigenvalue weighted by Gasteiger charge is 2.19. The average molecular weight is 208 g/mol. The number of rotatable bonds is 2. The van der Waals surface area contributed by atoms with Crippen LogP contribution < -0.4 is 5.32 Å². The van der Waals surface area contributed by atoms with Crippen LogP contribution in [-0.4, -0.2) is 12.0 Å². The Labute approximate surface area is 84.3 Å². The molecule has 14 heavy (non-hydrogen) atoms. The minimum atomic E-state index is -0.351. The molecule has 1 heterocycles. The van der Waals surface area contributed by atoms with Gasteiger partial charge in [-0.2, -0.15) is 0 Å². The summed E-state index contributed by atoms with van der Waals surface area (Å²) in [5, 5.41) is 14.7. The number of anilines is 1. The first kappa shape index (κ1) is 8.96. The molecular formula is C9H8N2O2S. The molecular weight excluding hydrogens is 200 g/mol. The Kier molecular flexibility index (Phi) is 2.09. The molecule has 0 radical (unpaired) electrons. The van der Waals surface area contributed by atoms with Crippen LogP contribution in [0.25, 0.3) is 10.1 Å². The van der Waals surface area contributed by atoms with E-state index in [2.05, 4.69) is 5.32 Å². The Morgan fingerprint density at radius 2 is 2.14 bits per heavy atom. The zero-order valence-electron chi connectivity index (χ0n) is 7.48. The summed E-state index contributed by atoms with van der Waals surface area (Å²) in [4.78, 5) is 10.4. The minimum Gasteiger partial charge on any atom is -0.381 e. The minimum absolute atomic E-state index is 0.175. The summed E-state index contributed by atoms with van der Waals surface area (Å²) in [5.74, 6) is 0. The van der Waals surface area contributed by atoms with Gasteiger partial charge in [-0.25, -0.2) is 0 Å². The lowest BCUT2D eigenvalue weighted by Crippen LogP contribution is -1.91. The quantitative estimate of drug-likeness (QED) is 0.609. The van der Waals surface area contributed by atoms with Crippen molar-refractivity contribution in [2.24, 2.45) is 0 Å². The first-order valence-electron chi connectivity index (χ1n) is 4.07. The Morgan fingerprint density at radius 3 is 2.79 bits per heavy atom. The van der Waals surface area contributed by atoms with Crippen molar-refractivity contribution in [2.45, 2.75) is 0 Å². The van der Waals surface area contributed by atoms with Crippen LogP contribution >= 0.6 is 11.3 Å². The summed E-state index contributed by atoms with van der Waals surface area (Å²) < 4.78 is 0.934. The average Bonchev–Trinajstić information content (AvgIpc) is 2.56. The molecule has 0 unspecified atom stereocenters. The lowest BCUT2D eigenvalue weighted by atomic mass is 10.2. The molecule has 1 aromatic heterocycles. The highest BCUT2D eigenvalue weighted by Crippen LogP contribution is 2.40. The Bertz CT molecular complexity index is 493. The monoisotopic (exact) mass is 208 g/mol. The van der Waals surface area contributed by atoms with Crippen LogP contribution in [0.1, 0.15) is 0 Å². The Hall–Kier alpha value is -1.62. The van der Waals surface area contributed by atoms with E-state index in [9.17, 15) is 10.1 Å². The number of benzene rings is 1. The molecule has 1 aromatic carbocycles. The van der Waals surface area contributed by atoms with Crippen LogP contribution in [0.3, 0.4) is 0 Å². The molecule has 2 aromatic rings. The van der Waals surface area contributed by atoms with Crippen molar-refractivity contribution >= 4 is 32.1 Å². The lowest BCUT2D eigenvalue weighted by molar-refractivity contribution is -0.379. The van der Waals surface area contributed by atoms with Crippen LogP contribution in [0.15, 0.2) is 24.3 Å². The van der Waals surface area contributed by atoms with E-state index in [0.717, 1.165) is 10.1 Å². The topological polar surface area (TPSA) is 55.2 Å². The molecule has 0 aliphatic rings. The number of nitrogens with zero attached hydrogens (tertiary/aromatic N) is 1. The molecule has 0 aliphatic heterocycles. The summed E-state index contributed by atoms with van der Waals surface area (Å²) in [6.07, 6.45) is 0. The van der Waals surface area contributed by atoms with Gasteiger partial charge in [0.15, 0.2) is 0 Å². The van der Waals surface area contributed by atoms with Crippen LogP contribution in [-0.2, 0) is 0 Å². The van der Waals surface area contributed by atoms with Gasteiger partial charge in [-0.3, -0.25) is 10.1 Å². The maximum absolute atomic E-state index is 10.7. The third-order valence-corrected chi connectivity index (χ3v) is 3.12. The fourth-order valence-electron chi connectivity index (χ4n) is 1.40. The van der Waals surface area contributed by atoms with E-state index in [1.807, 2.05) is 24.3 Å². The summed E-state index contributed by atoms with van der Waals surface area (Å²) in [7, 11) is 1.70. The highest BCUT2D eigenvalue weighted by molar-refractivity contribution is 7.23. The summed E-state index contributed by atoms with van der Waals surface area (Å²) >= 11 is 1.19. The first-order chi connectivity index (χ1) is 6.74. The second kappa shape index (κ2) is 3.26. The maximum atomic E-state index is 10.7. The molecule has 4 nitrogen and oxygen atoms in total. The SMILES string of the molecule is CNc1c([N+](=O)[O-])sc2ccccc12. The predicted octanol–water partition coefficient (Wildman–Crippen LogP) is 2.85. The van der Waals surface area contributed by atoms with E-state index in [-0.39, 0.29) is 9.92 Å². The standard InChI is InChI=1S/C9H8N2O2S/c1-10-8-6-4-2-3-5-7(6)14-9(8)11(12)13/h2-5,10H,1H3. The van der Waals surface area contributed by atoms with E-state index >= 15 is 0 Å². The molecule has 5 heteroatoms. The third-order valence-electron chi connectivity index (χ3n) is 1.99. The predicted molar refractivity (Wildman–Crippen MR) is 58.0 cm³/mol. The van der Waals surface area contributed by atoms with E-state index in [1.54, 1.807) is 7.05 Å². The largest absolute Gasteiger partial charge is 0.381 e. The Morgan fingerprint density at radius 1 is 1.43 bits per heavy atom. The number of thiophene rings is 1. The molecule has 0 atom stereocenters. The molecule has 0 saturated carbocycles. The Balaban J connectivity index is 2.78. The van der Waals surface area contributed by atoms with Crippen molar-refractivity contribution < 1.29 is 4.92 Å². The first-order valence-corrected chi connectivity index (χ1v) is 4.89. The van der Waals surface area contributed by atoms with Crippen molar-refractivity contribution in [1.29, 1.82) is 0 Å². The van der Waals surface area contributed by atoms with Crippen LogP contribution in [0, 0.1) is 10.1 Å². The zero-order valence-corrected chi connectivity index (χ0v) is 8.30. The van der Waals surface area contributed by atoms with Gasteiger partial charge >= 0.3 is 5.00 Å². The molecule has 0 aliphatic carbocycles. The fourth-order valence-corrected chi connectivity index (χ4v) is 2.43. The van der Waals surface area contributed by atoms with Gasteiger partial charge in [0.05, 0.1) is 4.92 Å². The van der Waals surface area contributed by atoms with Crippen molar-refractivity contribution in [3.05, 3.63) is 34.4 Å². The van der Waals surface area contributed by atoms with Gasteiger partial charge in [-0.15, -0.1) is 0 Å². The molecule has 72 valence electrons. The summed E-state index contributed by atoms with van der Waals surface area (Å²) in [6.45, 7) is 0. The lowest BCUT2D eigenvalue weighted by Gasteiger charge is -1.95. The van der Waals surface area contributed by atoms with Gasteiger partial charge in [0.2, 0.25) is 0 Å². The molecule has 0 saturated heterocycles. The van der Waals surface area contributed by atoms with Crippen LogP contribution in [0.5, 0.6) is 0 Å². The molecule has 1 N–H and O–H groups in total.